The van der Waals surface area contributed by atoms with Crippen LogP contribution in [0.3, 0.4) is 0 Å². The number of benzene rings is 1. The smallest absolute Gasteiger partial charge is 0.253 e. The highest BCUT2D eigenvalue weighted by Gasteiger charge is 2.22. The molecule has 3 rings (SSSR count). The molecule has 0 spiro atoms. The molecule has 6 heteroatoms. The monoisotopic (exact) mass is 345 g/mol. The van der Waals surface area contributed by atoms with Crippen LogP contribution >= 0.6 is 11.6 Å². The Balaban J connectivity index is 1.59. The van der Waals surface area contributed by atoms with Crippen LogP contribution in [0.5, 0.6) is 0 Å². The number of nitrogens with one attached hydrogen (secondary N) is 1. The minimum atomic E-state index is -0.00778. The Morgan fingerprint density at radius 3 is 2.42 bits per heavy atom. The Hall–Kier alpha value is -2.27. The van der Waals surface area contributed by atoms with Crippen LogP contribution in [0, 0.1) is 0 Å². The van der Waals surface area contributed by atoms with Crippen LogP contribution in [0.2, 0.25) is 5.02 Å². The molecule has 0 atom stereocenters. The molecule has 0 aliphatic carbocycles. The number of nitrogens with zero attached hydrogens (tertiary/aromatic N) is 2. The first-order valence-electron chi connectivity index (χ1n) is 8.08. The van der Waals surface area contributed by atoms with Gasteiger partial charge in [-0.25, -0.2) is 0 Å². The maximum Gasteiger partial charge on any atom is 0.253 e. The van der Waals surface area contributed by atoms with Gasteiger partial charge in [-0.05, 0) is 42.3 Å². The summed E-state index contributed by atoms with van der Waals surface area (Å²) in [4.78, 5) is 31.6. The highest BCUT2D eigenvalue weighted by Crippen LogP contribution is 2.14. The van der Waals surface area contributed by atoms with E-state index < -0.39 is 0 Å². The Kier molecular flexibility index (Phi) is 5.20. The summed E-state index contributed by atoms with van der Waals surface area (Å²) in [6, 6.07) is 8.83. The van der Waals surface area contributed by atoms with Gasteiger partial charge in [0.25, 0.3) is 5.91 Å². The average Bonchev–Trinajstić information content (AvgIpc) is 2.96. The fraction of sp³-hybridized carbons (Fsp3) is 0.333. The molecule has 1 aromatic carbocycles. The lowest BCUT2D eigenvalue weighted by Gasteiger charge is -2.22. The van der Waals surface area contributed by atoms with Crippen LogP contribution in [0.1, 0.15) is 22.3 Å². The largest absolute Gasteiger partial charge is 0.367 e. The van der Waals surface area contributed by atoms with Crippen LogP contribution in [-0.2, 0) is 11.2 Å². The Bertz CT molecular complexity index is 698. The SMILES string of the molecule is O=C(Cc1cc[nH]c1)N1CCCN(C(=O)c2ccc(Cl)cc2)CC1. The predicted molar refractivity (Wildman–Crippen MR) is 93.0 cm³/mol. The summed E-state index contributed by atoms with van der Waals surface area (Å²) < 4.78 is 0. The molecule has 24 heavy (non-hydrogen) atoms. The molecule has 1 N–H and O–H groups in total. The maximum atomic E-state index is 12.6. The number of H-pyrrole nitrogens is 1. The summed E-state index contributed by atoms with van der Waals surface area (Å²) in [6.45, 7) is 2.48. The highest BCUT2D eigenvalue weighted by molar-refractivity contribution is 6.30. The van der Waals surface area contributed by atoms with Gasteiger partial charge in [-0.3, -0.25) is 9.59 Å². The van der Waals surface area contributed by atoms with Crippen molar-refractivity contribution < 1.29 is 9.59 Å². The normalized spacial score (nSPS) is 15.2. The summed E-state index contributed by atoms with van der Waals surface area (Å²) in [6.07, 6.45) is 4.84. The van der Waals surface area contributed by atoms with Crippen molar-refractivity contribution in [2.45, 2.75) is 12.8 Å². The minimum Gasteiger partial charge on any atom is -0.367 e. The Morgan fingerprint density at radius 1 is 1.00 bits per heavy atom. The Morgan fingerprint density at radius 2 is 1.71 bits per heavy atom. The van der Waals surface area contributed by atoms with Gasteiger partial charge in [-0.1, -0.05) is 11.6 Å². The minimum absolute atomic E-state index is 0.00778. The number of rotatable bonds is 3. The Labute approximate surface area is 146 Å². The fourth-order valence-electron chi connectivity index (χ4n) is 2.90. The van der Waals surface area contributed by atoms with E-state index in [4.69, 9.17) is 11.6 Å². The van der Waals surface area contributed by atoms with Crippen molar-refractivity contribution in [3.05, 3.63) is 58.9 Å². The summed E-state index contributed by atoms with van der Waals surface area (Å²) >= 11 is 5.87. The number of carbonyl (C=O) groups is 2. The van der Waals surface area contributed by atoms with Gasteiger partial charge in [-0.15, -0.1) is 0 Å². The van der Waals surface area contributed by atoms with E-state index in [1.807, 2.05) is 28.3 Å². The summed E-state index contributed by atoms with van der Waals surface area (Å²) in [7, 11) is 0. The van der Waals surface area contributed by atoms with Crippen molar-refractivity contribution in [2.24, 2.45) is 0 Å². The molecular weight excluding hydrogens is 326 g/mol. The second-order valence-corrected chi connectivity index (χ2v) is 6.37. The van der Waals surface area contributed by atoms with Gasteiger partial charge >= 0.3 is 0 Å². The molecule has 2 amide bonds. The first kappa shape index (κ1) is 16.6. The van der Waals surface area contributed by atoms with Gasteiger partial charge in [0.15, 0.2) is 0 Å². The van der Waals surface area contributed by atoms with E-state index in [1.54, 1.807) is 24.3 Å². The van der Waals surface area contributed by atoms with Gasteiger partial charge in [0.1, 0.15) is 0 Å². The number of halogens is 1. The summed E-state index contributed by atoms with van der Waals surface area (Å²) in [5.74, 6) is 0.0991. The van der Waals surface area contributed by atoms with E-state index in [9.17, 15) is 9.59 Å². The molecule has 1 saturated heterocycles. The van der Waals surface area contributed by atoms with Crippen LogP contribution in [0.25, 0.3) is 0 Å². The molecule has 1 aliphatic rings. The van der Waals surface area contributed by atoms with Crippen molar-refractivity contribution >= 4 is 23.4 Å². The van der Waals surface area contributed by atoms with Gasteiger partial charge in [-0.2, -0.15) is 0 Å². The van der Waals surface area contributed by atoms with Crippen LogP contribution in [-0.4, -0.2) is 52.8 Å². The first-order valence-corrected chi connectivity index (χ1v) is 8.45. The lowest BCUT2D eigenvalue weighted by atomic mass is 10.2. The second kappa shape index (κ2) is 7.53. The van der Waals surface area contributed by atoms with Crippen LogP contribution in [0.4, 0.5) is 0 Å². The number of amides is 2. The molecule has 0 bridgehead atoms. The van der Waals surface area contributed by atoms with Crippen LogP contribution < -0.4 is 0 Å². The summed E-state index contributed by atoms with van der Waals surface area (Å²) in [5.41, 5.74) is 1.62. The van der Waals surface area contributed by atoms with Crippen molar-refractivity contribution in [1.82, 2.24) is 14.8 Å². The molecule has 2 heterocycles. The number of aromatic nitrogens is 1. The van der Waals surface area contributed by atoms with E-state index in [-0.39, 0.29) is 11.8 Å². The zero-order valence-electron chi connectivity index (χ0n) is 13.4. The zero-order chi connectivity index (χ0) is 16.9. The fourth-order valence-corrected chi connectivity index (χ4v) is 3.03. The molecule has 5 nitrogen and oxygen atoms in total. The lowest BCUT2D eigenvalue weighted by molar-refractivity contribution is -0.130. The van der Waals surface area contributed by atoms with E-state index in [0.717, 1.165) is 12.0 Å². The first-order chi connectivity index (χ1) is 11.6. The van der Waals surface area contributed by atoms with E-state index in [1.165, 1.54) is 0 Å². The van der Waals surface area contributed by atoms with E-state index >= 15 is 0 Å². The van der Waals surface area contributed by atoms with Crippen molar-refractivity contribution in [3.63, 3.8) is 0 Å². The molecule has 1 aliphatic heterocycles. The molecule has 0 unspecified atom stereocenters. The molecule has 2 aromatic rings. The number of carbonyl (C=O) groups excluding carboxylic acids is 2. The zero-order valence-corrected chi connectivity index (χ0v) is 14.1. The summed E-state index contributed by atoms with van der Waals surface area (Å²) in [5, 5.41) is 0.615. The predicted octanol–water partition coefficient (Wildman–Crippen LogP) is 2.59. The molecule has 1 fully saturated rings. The molecule has 126 valence electrons. The van der Waals surface area contributed by atoms with Gasteiger partial charge in [0.2, 0.25) is 5.91 Å². The quantitative estimate of drug-likeness (QED) is 0.929. The number of hydrogen-bond acceptors (Lipinski definition) is 2. The maximum absolute atomic E-state index is 12.6. The lowest BCUT2D eigenvalue weighted by Crippen LogP contribution is -2.37. The van der Waals surface area contributed by atoms with E-state index in [2.05, 4.69) is 4.98 Å². The van der Waals surface area contributed by atoms with Crippen molar-refractivity contribution in [3.8, 4) is 0 Å². The topological polar surface area (TPSA) is 56.4 Å². The third-order valence-corrected chi connectivity index (χ3v) is 4.50. The number of aromatic amines is 1. The van der Waals surface area contributed by atoms with Crippen molar-refractivity contribution in [2.75, 3.05) is 26.2 Å². The second-order valence-electron chi connectivity index (χ2n) is 5.93. The third-order valence-electron chi connectivity index (χ3n) is 4.24. The molecule has 1 aromatic heterocycles. The molecular formula is C18H20ClN3O2. The highest BCUT2D eigenvalue weighted by atomic mass is 35.5. The molecule has 0 saturated carbocycles. The third kappa shape index (κ3) is 3.97. The van der Waals surface area contributed by atoms with Gasteiger partial charge in [0.05, 0.1) is 6.42 Å². The average molecular weight is 346 g/mol. The number of hydrogen-bond donors (Lipinski definition) is 1. The van der Waals surface area contributed by atoms with E-state index in [0.29, 0.717) is 43.2 Å². The van der Waals surface area contributed by atoms with Crippen molar-refractivity contribution in [1.29, 1.82) is 0 Å². The standard InChI is InChI=1S/C18H20ClN3O2/c19-16-4-2-15(3-5-16)18(24)22-9-1-8-21(10-11-22)17(23)12-14-6-7-20-13-14/h2-7,13,20H,1,8-12H2. The molecule has 0 radical (unpaired) electrons. The van der Waals surface area contributed by atoms with Gasteiger partial charge < -0.3 is 14.8 Å². The van der Waals surface area contributed by atoms with Crippen LogP contribution in [0.15, 0.2) is 42.7 Å². The van der Waals surface area contributed by atoms with Gasteiger partial charge in [0, 0.05) is 49.2 Å².